The molecule has 0 saturated heterocycles. The predicted octanol–water partition coefficient (Wildman–Crippen LogP) is 2.75. The van der Waals surface area contributed by atoms with Crippen LogP contribution in [-0.2, 0) is 4.79 Å². The number of aliphatic imine (C=N–C) groups is 1. The second kappa shape index (κ2) is 3.74. The van der Waals surface area contributed by atoms with Gasteiger partial charge in [-0.25, -0.2) is 0 Å². The van der Waals surface area contributed by atoms with Crippen LogP contribution in [0.25, 0.3) is 0 Å². The summed E-state index contributed by atoms with van der Waals surface area (Å²) in [5, 5.41) is 8.99. The SMILES string of the molecule is CC1(C)C(C=Nc2ccccc2)C1C(=O)O. The maximum absolute atomic E-state index is 10.9. The Balaban J connectivity index is 2.08. The fourth-order valence-electron chi connectivity index (χ4n) is 2.11. The van der Waals surface area contributed by atoms with E-state index in [4.69, 9.17) is 5.11 Å². The highest BCUT2D eigenvalue weighted by Crippen LogP contribution is 2.57. The summed E-state index contributed by atoms with van der Waals surface area (Å²) < 4.78 is 0. The molecule has 0 spiro atoms. The Kier molecular flexibility index (Phi) is 2.54. The quantitative estimate of drug-likeness (QED) is 0.791. The van der Waals surface area contributed by atoms with Crippen LogP contribution in [-0.4, -0.2) is 17.3 Å². The molecule has 1 aromatic rings. The minimum Gasteiger partial charge on any atom is -0.481 e. The van der Waals surface area contributed by atoms with Crippen molar-refractivity contribution in [2.24, 2.45) is 22.2 Å². The van der Waals surface area contributed by atoms with Gasteiger partial charge in [0.15, 0.2) is 0 Å². The molecular formula is C13H15NO2. The molecule has 1 fully saturated rings. The van der Waals surface area contributed by atoms with Crippen molar-refractivity contribution in [3.8, 4) is 0 Å². The van der Waals surface area contributed by atoms with Gasteiger partial charge in [-0.15, -0.1) is 0 Å². The molecule has 1 aromatic carbocycles. The van der Waals surface area contributed by atoms with E-state index >= 15 is 0 Å². The molecule has 0 aliphatic heterocycles. The minimum absolute atomic E-state index is 0.0465. The van der Waals surface area contributed by atoms with E-state index < -0.39 is 5.97 Å². The molecule has 1 N–H and O–H groups in total. The Morgan fingerprint density at radius 1 is 1.38 bits per heavy atom. The number of rotatable bonds is 3. The van der Waals surface area contributed by atoms with E-state index in [9.17, 15) is 4.79 Å². The van der Waals surface area contributed by atoms with Crippen molar-refractivity contribution in [2.45, 2.75) is 13.8 Å². The van der Waals surface area contributed by atoms with Crippen LogP contribution in [0.3, 0.4) is 0 Å². The standard InChI is InChI=1S/C13H15NO2/c1-13(2)10(11(13)12(15)16)8-14-9-6-4-3-5-7-9/h3-8,10-11H,1-2H3,(H,15,16). The second-order valence-electron chi connectivity index (χ2n) is 4.78. The van der Waals surface area contributed by atoms with E-state index in [1.807, 2.05) is 44.2 Å². The molecule has 2 atom stereocenters. The monoisotopic (exact) mass is 217 g/mol. The van der Waals surface area contributed by atoms with Gasteiger partial charge in [0.1, 0.15) is 0 Å². The first-order chi connectivity index (χ1) is 7.53. The van der Waals surface area contributed by atoms with Gasteiger partial charge >= 0.3 is 5.97 Å². The van der Waals surface area contributed by atoms with E-state index in [-0.39, 0.29) is 17.3 Å². The molecule has 84 valence electrons. The van der Waals surface area contributed by atoms with Gasteiger partial charge in [0.2, 0.25) is 0 Å². The van der Waals surface area contributed by atoms with Gasteiger partial charge in [0.25, 0.3) is 0 Å². The van der Waals surface area contributed by atoms with Crippen molar-refractivity contribution in [2.75, 3.05) is 0 Å². The van der Waals surface area contributed by atoms with Crippen LogP contribution < -0.4 is 0 Å². The molecule has 0 bridgehead atoms. The molecule has 3 heteroatoms. The van der Waals surface area contributed by atoms with Crippen molar-refractivity contribution >= 4 is 17.9 Å². The Labute approximate surface area is 94.8 Å². The molecule has 3 nitrogen and oxygen atoms in total. The summed E-state index contributed by atoms with van der Waals surface area (Å²) in [5.74, 6) is -0.973. The number of nitrogens with zero attached hydrogens (tertiary/aromatic N) is 1. The highest BCUT2D eigenvalue weighted by atomic mass is 16.4. The van der Waals surface area contributed by atoms with E-state index in [2.05, 4.69) is 4.99 Å². The molecule has 0 radical (unpaired) electrons. The Morgan fingerprint density at radius 2 is 2.00 bits per heavy atom. The molecule has 2 rings (SSSR count). The van der Waals surface area contributed by atoms with Crippen molar-refractivity contribution in [3.05, 3.63) is 30.3 Å². The van der Waals surface area contributed by atoms with Crippen LogP contribution >= 0.6 is 0 Å². The lowest BCUT2D eigenvalue weighted by Crippen LogP contribution is -2.03. The Hall–Kier alpha value is -1.64. The number of carboxylic acid groups (broad SMARTS) is 1. The maximum Gasteiger partial charge on any atom is 0.307 e. The normalized spacial score (nSPS) is 26.9. The summed E-state index contributed by atoms with van der Waals surface area (Å²) in [6, 6.07) is 9.57. The highest BCUT2D eigenvalue weighted by molar-refractivity contribution is 5.85. The summed E-state index contributed by atoms with van der Waals surface area (Å²) in [6.07, 6.45) is 1.77. The van der Waals surface area contributed by atoms with Crippen LogP contribution in [0.1, 0.15) is 13.8 Å². The number of hydrogen-bond acceptors (Lipinski definition) is 2. The second-order valence-corrected chi connectivity index (χ2v) is 4.78. The number of hydrogen-bond donors (Lipinski definition) is 1. The van der Waals surface area contributed by atoms with Crippen LogP contribution in [0.5, 0.6) is 0 Å². The van der Waals surface area contributed by atoms with E-state index in [1.165, 1.54) is 0 Å². The topological polar surface area (TPSA) is 49.7 Å². The molecule has 0 amide bonds. The Morgan fingerprint density at radius 3 is 2.50 bits per heavy atom. The lowest BCUT2D eigenvalue weighted by Gasteiger charge is -1.96. The predicted molar refractivity (Wildman–Crippen MR) is 63.0 cm³/mol. The number of carbonyl (C=O) groups is 1. The zero-order chi connectivity index (χ0) is 11.8. The largest absolute Gasteiger partial charge is 0.481 e. The van der Waals surface area contributed by atoms with E-state index in [0.29, 0.717) is 0 Å². The highest BCUT2D eigenvalue weighted by Gasteiger charge is 2.61. The molecular weight excluding hydrogens is 202 g/mol. The van der Waals surface area contributed by atoms with Crippen molar-refractivity contribution in [1.29, 1.82) is 0 Å². The van der Waals surface area contributed by atoms with Gasteiger partial charge in [-0.2, -0.15) is 0 Å². The maximum atomic E-state index is 10.9. The summed E-state index contributed by atoms with van der Waals surface area (Å²) in [5.41, 5.74) is 0.707. The molecule has 1 aliphatic rings. The number of benzene rings is 1. The first kappa shape index (κ1) is 10.9. The van der Waals surface area contributed by atoms with Gasteiger partial charge in [-0.1, -0.05) is 32.0 Å². The first-order valence-corrected chi connectivity index (χ1v) is 5.35. The third-order valence-electron chi connectivity index (χ3n) is 3.32. The van der Waals surface area contributed by atoms with Crippen LogP contribution in [0.2, 0.25) is 0 Å². The molecule has 0 heterocycles. The van der Waals surface area contributed by atoms with Crippen molar-refractivity contribution < 1.29 is 9.90 Å². The summed E-state index contributed by atoms with van der Waals surface area (Å²) in [6.45, 7) is 3.93. The van der Waals surface area contributed by atoms with E-state index in [0.717, 1.165) is 5.69 Å². The molecule has 16 heavy (non-hydrogen) atoms. The summed E-state index contributed by atoms with van der Waals surface area (Å²) in [7, 11) is 0. The average Bonchev–Trinajstić information content (AvgIpc) is 2.79. The lowest BCUT2D eigenvalue weighted by molar-refractivity contribution is -0.139. The zero-order valence-electron chi connectivity index (χ0n) is 9.42. The van der Waals surface area contributed by atoms with Gasteiger partial charge in [0.05, 0.1) is 11.6 Å². The van der Waals surface area contributed by atoms with Gasteiger partial charge < -0.3 is 5.11 Å². The smallest absolute Gasteiger partial charge is 0.307 e. The summed E-state index contributed by atoms with van der Waals surface area (Å²) >= 11 is 0. The van der Waals surface area contributed by atoms with Crippen molar-refractivity contribution in [3.63, 3.8) is 0 Å². The van der Waals surface area contributed by atoms with Crippen LogP contribution in [0, 0.1) is 17.3 Å². The zero-order valence-corrected chi connectivity index (χ0v) is 9.42. The fourth-order valence-corrected chi connectivity index (χ4v) is 2.11. The van der Waals surface area contributed by atoms with Gasteiger partial charge in [-0.3, -0.25) is 9.79 Å². The third-order valence-corrected chi connectivity index (χ3v) is 3.32. The molecule has 2 unspecified atom stereocenters. The van der Waals surface area contributed by atoms with Gasteiger partial charge in [-0.05, 0) is 17.5 Å². The summed E-state index contributed by atoms with van der Waals surface area (Å²) in [4.78, 5) is 15.2. The number of carboxylic acids is 1. The molecule has 1 aliphatic carbocycles. The lowest BCUT2D eigenvalue weighted by atomic mass is 10.1. The molecule has 1 saturated carbocycles. The third kappa shape index (κ3) is 1.85. The van der Waals surface area contributed by atoms with Gasteiger partial charge in [0, 0.05) is 12.1 Å². The molecule has 0 aromatic heterocycles. The Bertz CT molecular complexity index is 423. The van der Waals surface area contributed by atoms with E-state index in [1.54, 1.807) is 6.21 Å². The minimum atomic E-state index is -0.727. The van der Waals surface area contributed by atoms with Crippen LogP contribution in [0.15, 0.2) is 35.3 Å². The number of aliphatic carboxylic acids is 1. The first-order valence-electron chi connectivity index (χ1n) is 5.35. The number of para-hydroxylation sites is 1. The fraction of sp³-hybridized carbons (Fsp3) is 0.385. The van der Waals surface area contributed by atoms with Crippen molar-refractivity contribution in [1.82, 2.24) is 0 Å². The average molecular weight is 217 g/mol. The van der Waals surface area contributed by atoms with Crippen LogP contribution in [0.4, 0.5) is 5.69 Å².